The van der Waals surface area contributed by atoms with Crippen molar-refractivity contribution < 1.29 is 9.59 Å². The Bertz CT molecular complexity index is 388. The molecule has 1 aromatic rings. The lowest BCUT2D eigenvalue weighted by molar-refractivity contribution is 0.102. The lowest BCUT2D eigenvalue weighted by Gasteiger charge is -2.05. The summed E-state index contributed by atoms with van der Waals surface area (Å²) in [7, 11) is 0. The number of benzene rings is 1. The molecule has 0 unspecified atom stereocenters. The Balaban J connectivity index is 3.30. The Kier molecular flexibility index (Phi) is 4.07. The maximum absolute atomic E-state index is 11.4. The minimum atomic E-state index is -0.154. The van der Waals surface area contributed by atoms with Crippen molar-refractivity contribution in [1.29, 1.82) is 0 Å². The van der Waals surface area contributed by atoms with Crippen molar-refractivity contribution in [3.8, 4) is 0 Å². The monoisotopic (exact) mass is 322 g/mol. The largest absolute Gasteiger partial charge is 0.298 e. The molecule has 0 fully saturated rings. The van der Waals surface area contributed by atoms with E-state index in [0.717, 1.165) is 15.4 Å². The van der Waals surface area contributed by atoms with Crippen LogP contribution in [0, 0.1) is 10.5 Å². The number of hydrogen-bond donors (Lipinski definition) is 0. The van der Waals surface area contributed by atoms with Crippen LogP contribution in [0.1, 0.15) is 26.3 Å². The molecule has 0 aliphatic heterocycles. The third-order valence-electron chi connectivity index (χ3n) is 1.90. The zero-order valence-electron chi connectivity index (χ0n) is 7.51. The number of alkyl halides is 1. The molecule has 0 N–H and O–H groups in total. The second-order valence-electron chi connectivity index (χ2n) is 2.86. The lowest BCUT2D eigenvalue weighted by atomic mass is 10.0. The van der Waals surface area contributed by atoms with E-state index < -0.39 is 0 Å². The first-order chi connectivity index (χ1) is 6.60. The van der Waals surface area contributed by atoms with Gasteiger partial charge in [0.05, 0.1) is 5.88 Å². The summed E-state index contributed by atoms with van der Waals surface area (Å²) >= 11 is 7.51. The van der Waals surface area contributed by atoms with Gasteiger partial charge in [-0.05, 0) is 47.2 Å². The number of carbonyl (C=O) groups excluding carboxylic acids is 2. The highest BCUT2D eigenvalue weighted by Gasteiger charge is 2.11. The van der Waals surface area contributed by atoms with E-state index in [1.807, 2.05) is 13.0 Å². The SMILES string of the molecule is Cc1cc(I)c(C(=O)CCl)cc1C=O. The van der Waals surface area contributed by atoms with Crippen molar-refractivity contribution in [3.05, 3.63) is 32.4 Å². The topological polar surface area (TPSA) is 34.1 Å². The summed E-state index contributed by atoms with van der Waals surface area (Å²) in [6, 6.07) is 3.40. The molecule has 0 saturated carbocycles. The minimum absolute atomic E-state index is 0.0582. The average molecular weight is 323 g/mol. The zero-order chi connectivity index (χ0) is 10.7. The molecular weight excluding hydrogens is 314 g/mol. The number of aldehydes is 1. The zero-order valence-corrected chi connectivity index (χ0v) is 10.4. The quantitative estimate of drug-likeness (QED) is 0.371. The summed E-state index contributed by atoms with van der Waals surface area (Å²) in [5.41, 5.74) is 1.93. The van der Waals surface area contributed by atoms with Crippen LogP contribution >= 0.6 is 34.2 Å². The minimum Gasteiger partial charge on any atom is -0.298 e. The van der Waals surface area contributed by atoms with Crippen LogP contribution in [0.15, 0.2) is 12.1 Å². The van der Waals surface area contributed by atoms with Gasteiger partial charge >= 0.3 is 0 Å². The average Bonchev–Trinajstić information content (AvgIpc) is 2.17. The smallest absolute Gasteiger partial charge is 0.178 e. The van der Waals surface area contributed by atoms with Gasteiger partial charge in [-0.15, -0.1) is 11.6 Å². The first-order valence-electron chi connectivity index (χ1n) is 3.94. The molecule has 0 heterocycles. The highest BCUT2D eigenvalue weighted by atomic mass is 127. The molecule has 0 saturated heterocycles. The molecule has 2 nitrogen and oxygen atoms in total. The Morgan fingerprint density at radius 2 is 2.21 bits per heavy atom. The Morgan fingerprint density at radius 3 is 2.71 bits per heavy atom. The van der Waals surface area contributed by atoms with E-state index in [-0.39, 0.29) is 11.7 Å². The summed E-state index contributed by atoms with van der Waals surface area (Å²) < 4.78 is 0.830. The molecule has 1 rings (SSSR count). The van der Waals surface area contributed by atoms with E-state index in [1.165, 1.54) is 0 Å². The molecule has 74 valence electrons. The third kappa shape index (κ3) is 2.33. The fourth-order valence-electron chi connectivity index (χ4n) is 1.10. The van der Waals surface area contributed by atoms with Gasteiger partial charge in [-0.1, -0.05) is 0 Å². The fourth-order valence-corrected chi connectivity index (χ4v) is 2.17. The molecule has 4 heteroatoms. The van der Waals surface area contributed by atoms with E-state index in [9.17, 15) is 9.59 Å². The van der Waals surface area contributed by atoms with Crippen molar-refractivity contribution in [3.63, 3.8) is 0 Å². The molecule has 0 spiro atoms. The predicted molar refractivity (Wildman–Crippen MR) is 64.3 cm³/mol. The molecule has 1 aromatic carbocycles. The first kappa shape index (κ1) is 11.7. The van der Waals surface area contributed by atoms with Crippen molar-refractivity contribution >= 4 is 46.3 Å². The van der Waals surface area contributed by atoms with Gasteiger partial charge in [-0.3, -0.25) is 9.59 Å². The van der Waals surface area contributed by atoms with Crippen LogP contribution in [0.25, 0.3) is 0 Å². The summed E-state index contributed by atoms with van der Waals surface area (Å²) in [6.45, 7) is 1.83. The van der Waals surface area contributed by atoms with E-state index in [1.54, 1.807) is 6.07 Å². The second kappa shape index (κ2) is 4.89. The summed E-state index contributed by atoms with van der Waals surface area (Å²) in [5, 5.41) is 0. The Labute approximate surface area is 101 Å². The molecule has 0 atom stereocenters. The Morgan fingerprint density at radius 1 is 1.57 bits per heavy atom. The molecule has 14 heavy (non-hydrogen) atoms. The molecule has 0 radical (unpaired) electrons. The number of hydrogen-bond acceptors (Lipinski definition) is 2. The van der Waals surface area contributed by atoms with E-state index in [0.29, 0.717) is 11.1 Å². The van der Waals surface area contributed by atoms with Crippen molar-refractivity contribution in [1.82, 2.24) is 0 Å². The number of carbonyl (C=O) groups is 2. The van der Waals surface area contributed by atoms with Gasteiger partial charge in [0.25, 0.3) is 0 Å². The highest BCUT2D eigenvalue weighted by Crippen LogP contribution is 2.18. The molecule has 0 aliphatic carbocycles. The first-order valence-corrected chi connectivity index (χ1v) is 5.56. The maximum atomic E-state index is 11.4. The van der Waals surface area contributed by atoms with Gasteiger partial charge in [-0.2, -0.15) is 0 Å². The number of ketones is 1. The number of aryl methyl sites for hydroxylation is 1. The van der Waals surface area contributed by atoms with E-state index in [4.69, 9.17) is 11.6 Å². The molecule has 0 amide bonds. The molecule has 0 aliphatic rings. The van der Waals surface area contributed by atoms with Crippen molar-refractivity contribution in [2.24, 2.45) is 0 Å². The van der Waals surface area contributed by atoms with Crippen molar-refractivity contribution in [2.45, 2.75) is 6.92 Å². The van der Waals surface area contributed by atoms with E-state index in [2.05, 4.69) is 22.6 Å². The molecule has 0 aromatic heterocycles. The maximum Gasteiger partial charge on any atom is 0.178 e. The van der Waals surface area contributed by atoms with Gasteiger partial charge in [-0.25, -0.2) is 0 Å². The van der Waals surface area contributed by atoms with Gasteiger partial charge in [0.1, 0.15) is 6.29 Å². The van der Waals surface area contributed by atoms with Crippen LogP contribution in [0.2, 0.25) is 0 Å². The van der Waals surface area contributed by atoms with Gasteiger partial charge in [0, 0.05) is 14.7 Å². The standard InChI is InChI=1S/C10H8ClIO2/c1-6-2-9(12)8(10(14)4-11)3-7(6)5-13/h2-3,5H,4H2,1H3. The van der Waals surface area contributed by atoms with E-state index >= 15 is 0 Å². The second-order valence-corrected chi connectivity index (χ2v) is 4.29. The van der Waals surface area contributed by atoms with Crippen molar-refractivity contribution in [2.75, 3.05) is 5.88 Å². The Hall–Kier alpha value is -0.420. The third-order valence-corrected chi connectivity index (χ3v) is 3.04. The van der Waals surface area contributed by atoms with Gasteiger partial charge in [0.2, 0.25) is 0 Å². The van der Waals surface area contributed by atoms with Crippen LogP contribution in [0.3, 0.4) is 0 Å². The fraction of sp³-hybridized carbons (Fsp3) is 0.200. The van der Waals surface area contributed by atoms with Gasteiger partial charge in [0.15, 0.2) is 5.78 Å². The molecular formula is C10H8ClIO2. The van der Waals surface area contributed by atoms with Crippen LogP contribution in [-0.2, 0) is 0 Å². The van der Waals surface area contributed by atoms with Gasteiger partial charge < -0.3 is 0 Å². The normalized spacial score (nSPS) is 9.93. The highest BCUT2D eigenvalue weighted by molar-refractivity contribution is 14.1. The number of halogens is 2. The summed E-state index contributed by atoms with van der Waals surface area (Å²) in [6.07, 6.45) is 0.746. The summed E-state index contributed by atoms with van der Waals surface area (Å²) in [5.74, 6) is -0.212. The molecule has 0 bridgehead atoms. The number of Topliss-reactive ketones (excluding diaryl/α,β-unsaturated/α-hetero) is 1. The summed E-state index contributed by atoms with van der Waals surface area (Å²) in [4.78, 5) is 22.0. The number of rotatable bonds is 3. The van der Waals surface area contributed by atoms with Crippen LogP contribution < -0.4 is 0 Å². The van der Waals surface area contributed by atoms with Crippen LogP contribution in [0.5, 0.6) is 0 Å². The van der Waals surface area contributed by atoms with Crippen LogP contribution in [0.4, 0.5) is 0 Å². The lowest BCUT2D eigenvalue weighted by Crippen LogP contribution is -2.05. The predicted octanol–water partition coefficient (Wildman–Crippen LogP) is 2.83. The van der Waals surface area contributed by atoms with Crippen LogP contribution in [-0.4, -0.2) is 17.9 Å².